The second kappa shape index (κ2) is 4.66. The Kier molecular flexibility index (Phi) is 3.23. The summed E-state index contributed by atoms with van der Waals surface area (Å²) in [5.41, 5.74) is 9.03. The van der Waals surface area contributed by atoms with Crippen LogP contribution in [0.3, 0.4) is 0 Å². The summed E-state index contributed by atoms with van der Waals surface area (Å²) in [5, 5.41) is 0.429. The topological polar surface area (TPSA) is 63.3 Å². The summed E-state index contributed by atoms with van der Waals surface area (Å²) in [4.78, 5) is 9.35. The van der Waals surface area contributed by atoms with Crippen molar-refractivity contribution in [3.63, 3.8) is 0 Å². The van der Waals surface area contributed by atoms with Crippen LogP contribution >= 0.6 is 8.03 Å². The molecule has 2 aromatic carbocycles. The fourth-order valence-electron chi connectivity index (χ4n) is 1.89. The van der Waals surface area contributed by atoms with Crippen molar-refractivity contribution >= 4 is 19.0 Å². The Labute approximate surface area is 101 Å². The monoisotopic (exact) mass is 246 g/mol. The third-order valence-electron chi connectivity index (χ3n) is 2.69. The van der Waals surface area contributed by atoms with E-state index in [0.717, 1.165) is 16.7 Å². The molecule has 4 heteroatoms. The molecule has 0 bridgehead atoms. The van der Waals surface area contributed by atoms with Crippen LogP contribution in [0.5, 0.6) is 0 Å². The Morgan fingerprint density at radius 3 is 2.47 bits per heavy atom. The lowest BCUT2D eigenvalue weighted by molar-refractivity contribution is 0.513. The van der Waals surface area contributed by atoms with Crippen molar-refractivity contribution in [3.05, 3.63) is 48.0 Å². The van der Waals surface area contributed by atoms with Crippen molar-refractivity contribution in [3.8, 4) is 11.1 Å². The highest BCUT2D eigenvalue weighted by molar-refractivity contribution is 7.47. The molecule has 1 unspecified atom stereocenters. The first-order chi connectivity index (χ1) is 8.11. The SMILES string of the molecule is Cc1cccc([P+](=O)O)c1-c1ccccc1N. The fourth-order valence-corrected chi connectivity index (χ4v) is 2.59. The minimum absolute atomic E-state index is 0.429. The van der Waals surface area contributed by atoms with Crippen LogP contribution in [0.1, 0.15) is 5.56 Å². The van der Waals surface area contributed by atoms with Crippen LogP contribution in [0, 0.1) is 6.92 Å². The molecule has 0 heterocycles. The Hall–Kier alpha value is -1.70. The maximum absolute atomic E-state index is 11.4. The highest BCUT2D eigenvalue weighted by Gasteiger charge is 2.24. The Morgan fingerprint density at radius 1 is 1.12 bits per heavy atom. The Bertz CT molecular complexity index is 581. The van der Waals surface area contributed by atoms with E-state index in [4.69, 9.17) is 5.73 Å². The number of nitrogens with two attached hydrogens (primary N) is 1. The number of para-hydroxylation sites is 1. The lowest BCUT2D eigenvalue weighted by Crippen LogP contribution is -2.05. The highest BCUT2D eigenvalue weighted by Crippen LogP contribution is 2.31. The van der Waals surface area contributed by atoms with E-state index in [2.05, 4.69) is 0 Å². The van der Waals surface area contributed by atoms with Crippen LogP contribution in [0.15, 0.2) is 42.5 Å². The molecule has 0 amide bonds. The van der Waals surface area contributed by atoms with Crippen LogP contribution in [-0.4, -0.2) is 4.89 Å². The van der Waals surface area contributed by atoms with Gasteiger partial charge in [0.05, 0.1) is 0 Å². The van der Waals surface area contributed by atoms with Crippen molar-refractivity contribution in [1.29, 1.82) is 0 Å². The van der Waals surface area contributed by atoms with Crippen LogP contribution in [0.2, 0.25) is 0 Å². The van der Waals surface area contributed by atoms with Gasteiger partial charge in [-0.3, -0.25) is 0 Å². The smallest absolute Gasteiger partial charge is 0.398 e. The largest absolute Gasteiger partial charge is 0.546 e. The third-order valence-corrected chi connectivity index (χ3v) is 3.47. The number of hydrogen-bond acceptors (Lipinski definition) is 2. The Morgan fingerprint density at radius 2 is 1.82 bits per heavy atom. The van der Waals surface area contributed by atoms with Gasteiger partial charge in [-0.05, 0) is 29.2 Å². The fraction of sp³-hybridized carbons (Fsp3) is 0.0769. The summed E-state index contributed by atoms with van der Waals surface area (Å²) in [6, 6.07) is 12.7. The van der Waals surface area contributed by atoms with Crippen molar-refractivity contribution in [1.82, 2.24) is 0 Å². The first kappa shape index (κ1) is 11.8. The summed E-state index contributed by atoms with van der Waals surface area (Å²) in [6.45, 7) is 1.91. The van der Waals surface area contributed by atoms with Gasteiger partial charge in [0.1, 0.15) is 0 Å². The molecule has 0 spiro atoms. The maximum atomic E-state index is 11.4. The van der Waals surface area contributed by atoms with E-state index in [0.29, 0.717) is 11.0 Å². The summed E-state index contributed by atoms with van der Waals surface area (Å²) < 4.78 is 11.4. The summed E-state index contributed by atoms with van der Waals surface area (Å²) in [6.07, 6.45) is 0. The molecule has 0 aliphatic rings. The zero-order valence-corrected chi connectivity index (χ0v) is 10.3. The molecule has 3 N–H and O–H groups in total. The summed E-state index contributed by atoms with van der Waals surface area (Å²) in [5.74, 6) is 0. The van der Waals surface area contributed by atoms with Crippen LogP contribution in [-0.2, 0) is 4.57 Å². The average molecular weight is 246 g/mol. The summed E-state index contributed by atoms with van der Waals surface area (Å²) in [7, 11) is -2.37. The van der Waals surface area contributed by atoms with Gasteiger partial charge in [0.25, 0.3) is 0 Å². The zero-order chi connectivity index (χ0) is 12.4. The highest BCUT2D eigenvalue weighted by atomic mass is 31.1. The molecule has 17 heavy (non-hydrogen) atoms. The average Bonchev–Trinajstić information content (AvgIpc) is 2.30. The number of anilines is 1. The van der Waals surface area contributed by atoms with Gasteiger partial charge in [-0.1, -0.05) is 30.3 Å². The first-order valence-electron chi connectivity index (χ1n) is 5.22. The molecule has 3 nitrogen and oxygen atoms in total. The molecule has 86 valence electrons. The lowest BCUT2D eigenvalue weighted by Gasteiger charge is -2.08. The number of rotatable bonds is 2. The van der Waals surface area contributed by atoms with Crippen LogP contribution < -0.4 is 11.0 Å². The van der Waals surface area contributed by atoms with E-state index in [1.54, 1.807) is 18.2 Å². The molecule has 0 saturated heterocycles. The molecular weight excluding hydrogens is 233 g/mol. The van der Waals surface area contributed by atoms with Gasteiger partial charge in [0, 0.05) is 16.8 Å². The normalized spacial score (nSPS) is 11.3. The number of nitrogen functional groups attached to an aromatic ring is 1. The van der Waals surface area contributed by atoms with E-state index < -0.39 is 8.03 Å². The minimum atomic E-state index is -2.37. The molecule has 0 aromatic heterocycles. The van der Waals surface area contributed by atoms with E-state index >= 15 is 0 Å². The van der Waals surface area contributed by atoms with Gasteiger partial charge in [0.2, 0.25) is 5.30 Å². The third kappa shape index (κ3) is 2.21. The minimum Gasteiger partial charge on any atom is -0.398 e. The van der Waals surface area contributed by atoms with Crippen molar-refractivity contribution in [2.45, 2.75) is 6.92 Å². The van der Waals surface area contributed by atoms with Gasteiger partial charge in [-0.2, -0.15) is 4.89 Å². The van der Waals surface area contributed by atoms with Crippen LogP contribution in [0.25, 0.3) is 11.1 Å². The van der Waals surface area contributed by atoms with Crippen molar-refractivity contribution in [2.24, 2.45) is 0 Å². The van der Waals surface area contributed by atoms with Gasteiger partial charge < -0.3 is 5.73 Å². The van der Waals surface area contributed by atoms with Gasteiger partial charge in [0.15, 0.2) is 0 Å². The van der Waals surface area contributed by atoms with Crippen molar-refractivity contribution in [2.75, 3.05) is 5.73 Å². The Balaban J connectivity index is 2.75. The maximum Gasteiger partial charge on any atom is 0.546 e. The molecule has 0 aliphatic heterocycles. The molecular formula is C13H13NO2P+. The van der Waals surface area contributed by atoms with Crippen LogP contribution in [0.4, 0.5) is 5.69 Å². The molecule has 1 atom stereocenters. The molecule has 0 saturated carbocycles. The van der Waals surface area contributed by atoms with Gasteiger partial charge in [-0.15, -0.1) is 0 Å². The quantitative estimate of drug-likeness (QED) is 0.632. The summed E-state index contributed by atoms with van der Waals surface area (Å²) >= 11 is 0. The number of hydrogen-bond donors (Lipinski definition) is 2. The zero-order valence-electron chi connectivity index (χ0n) is 9.42. The predicted octanol–water partition coefficient (Wildman–Crippen LogP) is 2.60. The van der Waals surface area contributed by atoms with E-state index in [1.165, 1.54) is 0 Å². The van der Waals surface area contributed by atoms with E-state index in [9.17, 15) is 9.46 Å². The molecule has 0 fully saturated rings. The number of aryl methyl sites for hydroxylation is 1. The van der Waals surface area contributed by atoms with E-state index in [1.807, 2.05) is 31.2 Å². The molecule has 0 aliphatic carbocycles. The van der Waals surface area contributed by atoms with Gasteiger partial charge >= 0.3 is 8.03 Å². The second-order valence-corrected chi connectivity index (χ2v) is 4.86. The predicted molar refractivity (Wildman–Crippen MR) is 70.5 cm³/mol. The number of benzene rings is 2. The molecule has 2 aromatic rings. The second-order valence-electron chi connectivity index (χ2n) is 3.83. The lowest BCUT2D eigenvalue weighted by atomic mass is 9.99. The standard InChI is InChI=1S/C13H12NO2P/c1-9-5-4-8-12(17(15)16)13(9)10-6-2-3-7-11(10)14/h2-8H,14H2,1H3/p+1. The first-order valence-corrected chi connectivity index (χ1v) is 6.43. The molecule has 0 radical (unpaired) electrons. The van der Waals surface area contributed by atoms with Crippen molar-refractivity contribution < 1.29 is 9.46 Å². The van der Waals surface area contributed by atoms with E-state index in [-0.39, 0.29) is 0 Å². The molecule has 2 rings (SSSR count). The van der Waals surface area contributed by atoms with Gasteiger partial charge in [-0.25, -0.2) is 0 Å².